The molecule has 0 saturated heterocycles. The standard InChI is InChI=1S/C42H26N4/c1-2-15-28(16-3-1)45-35-23-10-6-18-31(35)39-37(45)25-26-38-40(39)32-19-7-11-24-36(32)46(38)42-41(43-33-21-8-9-22-34(33)44-42)30-20-12-14-27-13-4-5-17-29(27)30/h1-26H. The van der Waals surface area contributed by atoms with Crippen molar-refractivity contribution in [3.8, 4) is 22.8 Å². The summed E-state index contributed by atoms with van der Waals surface area (Å²) >= 11 is 0. The van der Waals surface area contributed by atoms with Crippen LogP contribution in [0, 0.1) is 0 Å². The Morgan fingerprint density at radius 3 is 1.65 bits per heavy atom. The van der Waals surface area contributed by atoms with Crippen LogP contribution in [0.3, 0.4) is 0 Å². The van der Waals surface area contributed by atoms with Crippen molar-refractivity contribution in [3.05, 3.63) is 158 Å². The number of benzene rings is 7. The molecule has 4 heteroatoms. The lowest BCUT2D eigenvalue weighted by Crippen LogP contribution is -2.04. The molecule has 4 nitrogen and oxygen atoms in total. The maximum Gasteiger partial charge on any atom is 0.165 e. The van der Waals surface area contributed by atoms with E-state index in [-0.39, 0.29) is 0 Å². The van der Waals surface area contributed by atoms with Gasteiger partial charge < -0.3 is 4.57 Å². The zero-order valence-electron chi connectivity index (χ0n) is 24.8. The fraction of sp³-hybridized carbons (Fsp3) is 0. The van der Waals surface area contributed by atoms with Crippen LogP contribution in [0.5, 0.6) is 0 Å². The minimum absolute atomic E-state index is 0.826. The van der Waals surface area contributed by atoms with Gasteiger partial charge in [-0.3, -0.25) is 4.57 Å². The largest absolute Gasteiger partial charge is 0.309 e. The maximum absolute atomic E-state index is 5.39. The quantitative estimate of drug-likeness (QED) is 0.206. The lowest BCUT2D eigenvalue weighted by molar-refractivity contribution is 1.08. The van der Waals surface area contributed by atoms with Crippen molar-refractivity contribution in [1.82, 2.24) is 19.1 Å². The van der Waals surface area contributed by atoms with Crippen molar-refractivity contribution < 1.29 is 0 Å². The third-order valence-electron chi connectivity index (χ3n) is 9.29. The molecule has 0 atom stereocenters. The van der Waals surface area contributed by atoms with E-state index in [9.17, 15) is 0 Å². The summed E-state index contributed by atoms with van der Waals surface area (Å²) in [4.78, 5) is 10.7. The molecule has 0 aliphatic carbocycles. The van der Waals surface area contributed by atoms with Gasteiger partial charge in [0.05, 0.1) is 33.1 Å². The Morgan fingerprint density at radius 1 is 0.370 bits per heavy atom. The smallest absolute Gasteiger partial charge is 0.165 e. The molecule has 10 rings (SSSR count). The molecular weight excluding hydrogens is 560 g/mol. The average molecular weight is 587 g/mol. The highest BCUT2D eigenvalue weighted by molar-refractivity contribution is 6.29. The molecule has 0 fully saturated rings. The topological polar surface area (TPSA) is 35.6 Å². The minimum Gasteiger partial charge on any atom is -0.309 e. The van der Waals surface area contributed by atoms with E-state index in [0.717, 1.165) is 50.2 Å². The van der Waals surface area contributed by atoms with E-state index in [2.05, 4.69) is 155 Å². The normalized spacial score (nSPS) is 11.9. The number of aromatic nitrogens is 4. The number of hydrogen-bond donors (Lipinski definition) is 0. The van der Waals surface area contributed by atoms with E-state index in [0.29, 0.717) is 0 Å². The summed E-state index contributed by atoms with van der Waals surface area (Å²) in [7, 11) is 0. The van der Waals surface area contributed by atoms with Crippen molar-refractivity contribution in [1.29, 1.82) is 0 Å². The van der Waals surface area contributed by atoms with Crippen molar-refractivity contribution in [3.63, 3.8) is 0 Å². The van der Waals surface area contributed by atoms with Gasteiger partial charge in [-0.25, -0.2) is 9.97 Å². The van der Waals surface area contributed by atoms with Crippen LogP contribution in [0.2, 0.25) is 0 Å². The number of hydrogen-bond acceptors (Lipinski definition) is 2. The van der Waals surface area contributed by atoms with Gasteiger partial charge in [0.1, 0.15) is 5.69 Å². The molecule has 0 spiro atoms. The number of rotatable bonds is 3. The number of para-hydroxylation sites is 5. The van der Waals surface area contributed by atoms with Gasteiger partial charge in [-0.1, -0.05) is 109 Å². The molecule has 0 amide bonds. The second-order valence-electron chi connectivity index (χ2n) is 11.8. The SMILES string of the molecule is c1ccc(-n2c3ccccc3c3c4c5ccccc5n(-c5nc6ccccc6nc5-c5cccc6ccccc56)c4ccc32)cc1. The van der Waals surface area contributed by atoms with E-state index in [1.165, 1.54) is 38.0 Å². The van der Waals surface area contributed by atoms with Gasteiger partial charge in [-0.05, 0) is 59.3 Å². The Balaban J connectivity index is 1.39. The Bertz CT molecular complexity index is 2800. The molecule has 10 aromatic rings. The molecule has 0 N–H and O–H groups in total. The van der Waals surface area contributed by atoms with Gasteiger partial charge in [-0.15, -0.1) is 0 Å². The fourth-order valence-electron chi connectivity index (χ4n) is 7.36. The van der Waals surface area contributed by atoms with Crippen LogP contribution in [0.4, 0.5) is 0 Å². The van der Waals surface area contributed by atoms with E-state index in [1.54, 1.807) is 0 Å². The average Bonchev–Trinajstić information content (AvgIpc) is 3.64. The summed E-state index contributed by atoms with van der Waals surface area (Å²) in [6.45, 7) is 0. The van der Waals surface area contributed by atoms with Crippen LogP contribution in [0.25, 0.3) is 88.2 Å². The molecule has 0 bridgehead atoms. The summed E-state index contributed by atoms with van der Waals surface area (Å²) in [5.74, 6) is 0.826. The summed E-state index contributed by atoms with van der Waals surface area (Å²) in [6.07, 6.45) is 0. The molecule has 0 aliphatic heterocycles. The number of fused-ring (bicyclic) bond motifs is 9. The van der Waals surface area contributed by atoms with Gasteiger partial charge in [-0.2, -0.15) is 0 Å². The van der Waals surface area contributed by atoms with Crippen LogP contribution in [-0.4, -0.2) is 19.1 Å². The molecule has 214 valence electrons. The first-order valence-corrected chi connectivity index (χ1v) is 15.6. The van der Waals surface area contributed by atoms with Crippen LogP contribution in [0.1, 0.15) is 0 Å². The Labute approximate surface area is 264 Å². The molecule has 46 heavy (non-hydrogen) atoms. The summed E-state index contributed by atoms with van der Waals surface area (Å²) in [5, 5.41) is 7.22. The summed E-state index contributed by atoms with van der Waals surface area (Å²) in [5.41, 5.74) is 9.41. The maximum atomic E-state index is 5.39. The van der Waals surface area contributed by atoms with Crippen molar-refractivity contribution >= 4 is 65.4 Å². The third-order valence-corrected chi connectivity index (χ3v) is 9.29. The Hall–Kier alpha value is -6.26. The highest BCUT2D eigenvalue weighted by Crippen LogP contribution is 2.43. The molecule has 3 heterocycles. The predicted octanol–water partition coefficient (Wildman–Crippen LogP) is 10.6. The summed E-state index contributed by atoms with van der Waals surface area (Å²) < 4.78 is 4.71. The van der Waals surface area contributed by atoms with Gasteiger partial charge in [0, 0.05) is 32.8 Å². The first-order valence-electron chi connectivity index (χ1n) is 15.6. The molecule has 0 unspecified atom stereocenters. The van der Waals surface area contributed by atoms with Crippen molar-refractivity contribution in [2.45, 2.75) is 0 Å². The van der Waals surface area contributed by atoms with Gasteiger partial charge in [0.2, 0.25) is 0 Å². The second kappa shape index (κ2) is 9.62. The van der Waals surface area contributed by atoms with Gasteiger partial charge in [0.25, 0.3) is 0 Å². The first-order chi connectivity index (χ1) is 22.8. The zero-order chi connectivity index (χ0) is 30.2. The highest BCUT2D eigenvalue weighted by atomic mass is 15.1. The van der Waals surface area contributed by atoms with Gasteiger partial charge >= 0.3 is 0 Å². The zero-order valence-corrected chi connectivity index (χ0v) is 24.8. The molecular formula is C42H26N4. The Kier molecular flexibility index (Phi) is 5.25. The highest BCUT2D eigenvalue weighted by Gasteiger charge is 2.23. The second-order valence-corrected chi connectivity index (χ2v) is 11.8. The van der Waals surface area contributed by atoms with E-state index in [4.69, 9.17) is 9.97 Å². The van der Waals surface area contributed by atoms with Crippen LogP contribution >= 0.6 is 0 Å². The molecule has 0 saturated carbocycles. The number of nitrogens with zero attached hydrogens (tertiary/aromatic N) is 4. The van der Waals surface area contributed by atoms with Crippen molar-refractivity contribution in [2.24, 2.45) is 0 Å². The lowest BCUT2D eigenvalue weighted by Gasteiger charge is -2.15. The molecule has 0 radical (unpaired) electrons. The van der Waals surface area contributed by atoms with Crippen LogP contribution in [-0.2, 0) is 0 Å². The molecule has 7 aromatic carbocycles. The van der Waals surface area contributed by atoms with E-state index in [1.807, 2.05) is 12.1 Å². The molecule has 3 aromatic heterocycles. The monoisotopic (exact) mass is 586 g/mol. The van der Waals surface area contributed by atoms with Gasteiger partial charge in [0.15, 0.2) is 5.82 Å². The van der Waals surface area contributed by atoms with E-state index < -0.39 is 0 Å². The predicted molar refractivity (Wildman–Crippen MR) is 191 cm³/mol. The Morgan fingerprint density at radius 2 is 0.913 bits per heavy atom. The van der Waals surface area contributed by atoms with E-state index >= 15 is 0 Å². The van der Waals surface area contributed by atoms with Crippen LogP contribution < -0.4 is 0 Å². The minimum atomic E-state index is 0.826. The first kappa shape index (κ1) is 25.1. The lowest BCUT2D eigenvalue weighted by atomic mass is 10.0. The van der Waals surface area contributed by atoms with Crippen molar-refractivity contribution in [2.75, 3.05) is 0 Å². The fourth-order valence-corrected chi connectivity index (χ4v) is 7.36. The third kappa shape index (κ3) is 3.49. The molecule has 0 aliphatic rings. The summed E-state index contributed by atoms with van der Waals surface area (Å²) in [6, 6.07) is 55.8. The van der Waals surface area contributed by atoms with Crippen LogP contribution in [0.15, 0.2) is 158 Å².